The first kappa shape index (κ1) is 15.8. The Hall–Kier alpha value is -3.67. The largest absolute Gasteiger partial charge is 0.347 e. The monoisotopic (exact) mass is 343 g/mol. The molecule has 0 aliphatic heterocycles. The fourth-order valence-corrected chi connectivity index (χ4v) is 2.70. The van der Waals surface area contributed by atoms with Crippen LogP contribution in [0.4, 0.5) is 0 Å². The number of hydrogen-bond donors (Lipinski definition) is 1. The third-order valence-electron chi connectivity index (χ3n) is 4.02. The number of carbonyl (C=O) groups excluding carboxylic acids is 1. The number of nitrogens with zero attached hydrogens (tertiary/aromatic N) is 4. The molecular formula is C20H17N5O. The van der Waals surface area contributed by atoms with Crippen molar-refractivity contribution in [1.29, 1.82) is 0 Å². The van der Waals surface area contributed by atoms with Crippen LogP contribution in [0.5, 0.6) is 0 Å². The first-order valence-corrected chi connectivity index (χ1v) is 8.26. The minimum atomic E-state index is -0.182. The van der Waals surface area contributed by atoms with Gasteiger partial charge in [0.2, 0.25) is 0 Å². The Morgan fingerprint density at radius 3 is 2.35 bits per heavy atom. The highest BCUT2D eigenvalue weighted by Gasteiger charge is 2.13. The molecule has 2 aromatic heterocycles. The molecule has 4 rings (SSSR count). The van der Waals surface area contributed by atoms with Crippen LogP contribution in [0.2, 0.25) is 0 Å². The molecule has 1 N–H and O–H groups in total. The summed E-state index contributed by atoms with van der Waals surface area (Å²) < 4.78 is 3.55. The zero-order valence-corrected chi connectivity index (χ0v) is 14.0. The molecule has 2 aromatic carbocycles. The summed E-state index contributed by atoms with van der Waals surface area (Å²) in [6.07, 6.45) is 6.86. The van der Waals surface area contributed by atoms with Gasteiger partial charge in [0.05, 0.1) is 24.4 Å². The quantitative estimate of drug-likeness (QED) is 0.606. The van der Waals surface area contributed by atoms with Gasteiger partial charge in [0.25, 0.3) is 5.91 Å². The highest BCUT2D eigenvalue weighted by atomic mass is 16.1. The summed E-state index contributed by atoms with van der Waals surface area (Å²) in [6.45, 7) is 0.394. The number of imidazole rings is 1. The van der Waals surface area contributed by atoms with Crippen molar-refractivity contribution < 1.29 is 4.79 Å². The minimum Gasteiger partial charge on any atom is -0.347 e. The fraction of sp³-hybridized carbons (Fsp3) is 0.0500. The number of hydrogen-bond acceptors (Lipinski definition) is 3. The average Bonchev–Trinajstić information content (AvgIpc) is 3.37. The summed E-state index contributed by atoms with van der Waals surface area (Å²) >= 11 is 0. The third kappa shape index (κ3) is 3.25. The van der Waals surface area contributed by atoms with Gasteiger partial charge in [-0.1, -0.05) is 36.4 Å². The summed E-state index contributed by atoms with van der Waals surface area (Å²) in [5, 5.41) is 7.26. The molecule has 0 aliphatic carbocycles. The normalized spacial score (nSPS) is 10.6. The van der Waals surface area contributed by atoms with Gasteiger partial charge in [-0.15, -0.1) is 0 Å². The van der Waals surface area contributed by atoms with Gasteiger partial charge in [0, 0.05) is 24.0 Å². The second-order valence-electron chi connectivity index (χ2n) is 5.80. The van der Waals surface area contributed by atoms with Gasteiger partial charge >= 0.3 is 0 Å². The molecule has 128 valence electrons. The van der Waals surface area contributed by atoms with E-state index in [0.29, 0.717) is 12.2 Å². The molecule has 6 heteroatoms. The second-order valence-corrected chi connectivity index (χ2v) is 5.80. The molecule has 6 nitrogen and oxygen atoms in total. The molecule has 0 saturated carbocycles. The number of rotatable bonds is 5. The molecule has 26 heavy (non-hydrogen) atoms. The van der Waals surface area contributed by atoms with Crippen molar-refractivity contribution in [2.24, 2.45) is 0 Å². The summed E-state index contributed by atoms with van der Waals surface area (Å²) in [5.41, 5.74) is 3.29. The van der Waals surface area contributed by atoms with Gasteiger partial charge < -0.3 is 5.32 Å². The van der Waals surface area contributed by atoms with E-state index in [0.717, 1.165) is 16.9 Å². The molecule has 0 radical (unpaired) electrons. The minimum absolute atomic E-state index is 0.182. The summed E-state index contributed by atoms with van der Waals surface area (Å²) in [7, 11) is 0. The van der Waals surface area contributed by atoms with E-state index < -0.39 is 0 Å². The van der Waals surface area contributed by atoms with Crippen LogP contribution in [0.3, 0.4) is 0 Å². The highest BCUT2D eigenvalue weighted by Crippen LogP contribution is 2.11. The van der Waals surface area contributed by atoms with Crippen molar-refractivity contribution in [2.45, 2.75) is 6.54 Å². The number of nitrogens with one attached hydrogen (secondary N) is 1. The molecule has 0 fully saturated rings. The van der Waals surface area contributed by atoms with E-state index in [1.165, 1.54) is 0 Å². The Morgan fingerprint density at radius 1 is 0.923 bits per heavy atom. The summed E-state index contributed by atoms with van der Waals surface area (Å²) in [4.78, 5) is 16.7. The van der Waals surface area contributed by atoms with Crippen LogP contribution < -0.4 is 5.32 Å². The lowest BCUT2D eigenvalue weighted by atomic mass is 10.3. The number of benzene rings is 2. The maximum absolute atomic E-state index is 12.6. The van der Waals surface area contributed by atoms with Gasteiger partial charge in [-0.25, -0.2) is 9.67 Å². The highest BCUT2D eigenvalue weighted by molar-refractivity contribution is 5.92. The summed E-state index contributed by atoms with van der Waals surface area (Å²) in [5.74, 6) is -0.182. The van der Waals surface area contributed by atoms with Crippen molar-refractivity contribution in [3.63, 3.8) is 0 Å². The molecule has 1 amide bonds. The zero-order valence-electron chi connectivity index (χ0n) is 14.0. The first-order valence-electron chi connectivity index (χ1n) is 8.26. The molecular weight excluding hydrogens is 326 g/mol. The lowest BCUT2D eigenvalue weighted by Gasteiger charge is -2.08. The van der Waals surface area contributed by atoms with Gasteiger partial charge in [0.1, 0.15) is 5.69 Å². The molecule has 0 saturated heterocycles. The van der Waals surface area contributed by atoms with E-state index in [2.05, 4.69) is 15.4 Å². The number of amides is 1. The average molecular weight is 343 g/mol. The van der Waals surface area contributed by atoms with Crippen LogP contribution in [0.25, 0.3) is 11.4 Å². The van der Waals surface area contributed by atoms with E-state index >= 15 is 0 Å². The van der Waals surface area contributed by atoms with E-state index in [-0.39, 0.29) is 5.91 Å². The van der Waals surface area contributed by atoms with Gasteiger partial charge in [-0.3, -0.25) is 9.36 Å². The van der Waals surface area contributed by atoms with E-state index in [1.54, 1.807) is 28.0 Å². The molecule has 2 heterocycles. The topological polar surface area (TPSA) is 64.7 Å². The SMILES string of the molecule is O=C(NCc1cnn(-c2ccccc2)c1)c1cncn1-c1ccccc1. The predicted octanol–water partition coefficient (Wildman–Crippen LogP) is 2.99. The van der Waals surface area contributed by atoms with Crippen LogP contribution in [-0.2, 0) is 6.54 Å². The van der Waals surface area contributed by atoms with Crippen LogP contribution in [0, 0.1) is 0 Å². The Kier molecular flexibility index (Phi) is 4.30. The van der Waals surface area contributed by atoms with Gasteiger partial charge in [-0.05, 0) is 24.3 Å². The van der Waals surface area contributed by atoms with Crippen molar-refractivity contribution in [2.75, 3.05) is 0 Å². The molecule has 0 spiro atoms. The van der Waals surface area contributed by atoms with Gasteiger partial charge in [0.15, 0.2) is 0 Å². The molecule has 0 bridgehead atoms. The maximum atomic E-state index is 12.6. The van der Waals surface area contributed by atoms with Gasteiger partial charge in [-0.2, -0.15) is 5.10 Å². The fourth-order valence-electron chi connectivity index (χ4n) is 2.70. The Morgan fingerprint density at radius 2 is 1.62 bits per heavy atom. The van der Waals surface area contributed by atoms with E-state index in [9.17, 15) is 4.79 Å². The second kappa shape index (κ2) is 7.06. The summed E-state index contributed by atoms with van der Waals surface area (Å²) in [6, 6.07) is 19.5. The van der Waals surface area contributed by atoms with Crippen molar-refractivity contribution in [1.82, 2.24) is 24.6 Å². The van der Waals surface area contributed by atoms with Crippen molar-refractivity contribution in [3.05, 3.63) is 96.8 Å². The molecule has 0 unspecified atom stereocenters. The standard InChI is InChI=1S/C20H17N5O/c26-20(19-13-21-15-24(19)17-7-3-1-4-8-17)22-11-16-12-23-25(14-16)18-9-5-2-6-10-18/h1-10,12-15H,11H2,(H,22,26). The predicted molar refractivity (Wildman–Crippen MR) is 98.3 cm³/mol. The smallest absolute Gasteiger partial charge is 0.270 e. The van der Waals surface area contributed by atoms with E-state index in [4.69, 9.17) is 0 Å². The molecule has 0 atom stereocenters. The van der Waals surface area contributed by atoms with Crippen LogP contribution >= 0.6 is 0 Å². The third-order valence-corrected chi connectivity index (χ3v) is 4.02. The zero-order chi connectivity index (χ0) is 17.8. The Bertz CT molecular complexity index is 1000. The van der Waals surface area contributed by atoms with Crippen LogP contribution in [-0.4, -0.2) is 25.2 Å². The number of aromatic nitrogens is 4. The van der Waals surface area contributed by atoms with Crippen molar-refractivity contribution >= 4 is 5.91 Å². The first-order chi connectivity index (χ1) is 12.8. The Balaban J connectivity index is 1.46. The van der Waals surface area contributed by atoms with E-state index in [1.807, 2.05) is 66.9 Å². The number of carbonyl (C=O) groups is 1. The maximum Gasteiger partial charge on any atom is 0.270 e. The molecule has 0 aliphatic rings. The van der Waals surface area contributed by atoms with Crippen LogP contribution in [0.1, 0.15) is 16.1 Å². The lowest BCUT2D eigenvalue weighted by molar-refractivity contribution is 0.0944. The van der Waals surface area contributed by atoms with Crippen LogP contribution in [0.15, 0.2) is 85.6 Å². The molecule has 4 aromatic rings. The number of para-hydroxylation sites is 2. The van der Waals surface area contributed by atoms with Crippen molar-refractivity contribution in [3.8, 4) is 11.4 Å². The lowest BCUT2D eigenvalue weighted by Crippen LogP contribution is -2.24. The Labute approximate surface area is 150 Å².